The Hall–Kier alpha value is -3.35. The highest BCUT2D eigenvalue weighted by atomic mass is 19.4. The summed E-state index contributed by atoms with van der Waals surface area (Å²) >= 11 is 0. The summed E-state index contributed by atoms with van der Waals surface area (Å²) in [6.07, 6.45) is -4.46. The molecule has 0 aliphatic rings. The van der Waals surface area contributed by atoms with Gasteiger partial charge in [-0.15, -0.1) is 0 Å². The molecule has 2 aromatic heterocycles. The van der Waals surface area contributed by atoms with Gasteiger partial charge in [0.2, 0.25) is 0 Å². The fourth-order valence-corrected chi connectivity index (χ4v) is 3.12. The van der Waals surface area contributed by atoms with Gasteiger partial charge in [-0.05, 0) is 49.2 Å². The van der Waals surface area contributed by atoms with E-state index in [0.29, 0.717) is 11.6 Å². The van der Waals surface area contributed by atoms with Crippen molar-refractivity contribution in [1.82, 2.24) is 15.2 Å². The number of aromatic amines is 1. The van der Waals surface area contributed by atoms with Crippen molar-refractivity contribution in [2.75, 3.05) is 5.32 Å². The minimum absolute atomic E-state index is 0.0491. The van der Waals surface area contributed by atoms with Crippen LogP contribution in [0.4, 0.5) is 24.8 Å². The Morgan fingerprint density at radius 2 is 1.64 bits per heavy atom. The molecule has 0 aliphatic heterocycles. The third-order valence-electron chi connectivity index (χ3n) is 4.75. The molecule has 0 saturated heterocycles. The third kappa shape index (κ3) is 3.19. The predicted molar refractivity (Wildman–Crippen MR) is 104 cm³/mol. The van der Waals surface area contributed by atoms with Crippen LogP contribution in [0.25, 0.3) is 22.2 Å². The van der Waals surface area contributed by atoms with Crippen molar-refractivity contribution in [2.24, 2.45) is 0 Å². The van der Waals surface area contributed by atoms with Crippen molar-refractivity contribution in [3.05, 3.63) is 71.3 Å². The van der Waals surface area contributed by atoms with Gasteiger partial charge in [-0.1, -0.05) is 30.3 Å². The lowest BCUT2D eigenvalue weighted by Gasteiger charge is -2.16. The van der Waals surface area contributed by atoms with E-state index in [1.807, 2.05) is 38.1 Å². The van der Waals surface area contributed by atoms with Crippen LogP contribution >= 0.6 is 0 Å². The van der Waals surface area contributed by atoms with E-state index in [1.165, 1.54) is 12.1 Å². The first-order valence-electron chi connectivity index (χ1n) is 8.69. The SMILES string of the molecule is Cc1cc(-c2ccccc2C(F)(F)F)nc(Nc2n[nH]c3ccccc23)c1C. The average Bonchev–Trinajstić information content (AvgIpc) is 3.07. The number of hydrogen-bond acceptors (Lipinski definition) is 3. The van der Waals surface area contributed by atoms with Crippen molar-refractivity contribution >= 4 is 22.5 Å². The molecule has 0 fully saturated rings. The van der Waals surface area contributed by atoms with Crippen LogP contribution in [-0.2, 0) is 6.18 Å². The molecule has 0 unspecified atom stereocenters. The second kappa shape index (κ2) is 6.67. The Balaban J connectivity index is 1.82. The molecule has 4 rings (SSSR count). The highest BCUT2D eigenvalue weighted by molar-refractivity contribution is 5.91. The summed E-state index contributed by atoms with van der Waals surface area (Å²) in [6.45, 7) is 3.73. The van der Waals surface area contributed by atoms with Gasteiger partial charge in [-0.2, -0.15) is 18.3 Å². The Morgan fingerprint density at radius 1 is 0.929 bits per heavy atom. The van der Waals surface area contributed by atoms with Gasteiger partial charge in [0.15, 0.2) is 5.82 Å². The molecule has 0 spiro atoms. The lowest BCUT2D eigenvalue weighted by atomic mass is 10.0. The first-order chi connectivity index (χ1) is 13.3. The molecule has 0 radical (unpaired) electrons. The highest BCUT2D eigenvalue weighted by Gasteiger charge is 2.33. The summed E-state index contributed by atoms with van der Waals surface area (Å²) in [5.41, 5.74) is 2.15. The third-order valence-corrected chi connectivity index (χ3v) is 4.75. The number of pyridine rings is 1. The van der Waals surface area contributed by atoms with Crippen LogP contribution in [0.15, 0.2) is 54.6 Å². The normalized spacial score (nSPS) is 11.8. The summed E-state index contributed by atoms with van der Waals surface area (Å²) in [5.74, 6) is 1.05. The van der Waals surface area contributed by atoms with Gasteiger partial charge in [-0.25, -0.2) is 4.98 Å². The van der Waals surface area contributed by atoms with Crippen LogP contribution in [0.5, 0.6) is 0 Å². The summed E-state index contributed by atoms with van der Waals surface area (Å²) in [7, 11) is 0. The van der Waals surface area contributed by atoms with Gasteiger partial charge in [0.25, 0.3) is 0 Å². The number of nitrogens with one attached hydrogen (secondary N) is 2. The van der Waals surface area contributed by atoms with E-state index in [9.17, 15) is 13.2 Å². The van der Waals surface area contributed by atoms with E-state index in [0.717, 1.165) is 28.1 Å². The molecule has 0 amide bonds. The van der Waals surface area contributed by atoms with Crippen LogP contribution in [0.3, 0.4) is 0 Å². The summed E-state index contributed by atoms with van der Waals surface area (Å²) < 4.78 is 40.3. The number of hydrogen-bond donors (Lipinski definition) is 2. The molecule has 4 nitrogen and oxygen atoms in total. The number of fused-ring (bicyclic) bond motifs is 1. The van der Waals surface area contributed by atoms with Gasteiger partial charge in [0.1, 0.15) is 5.82 Å². The Morgan fingerprint density at radius 3 is 2.43 bits per heavy atom. The molecule has 28 heavy (non-hydrogen) atoms. The van der Waals surface area contributed by atoms with E-state index in [1.54, 1.807) is 12.1 Å². The number of alkyl halides is 3. The summed E-state index contributed by atoms with van der Waals surface area (Å²) in [5, 5.41) is 11.2. The zero-order valence-electron chi connectivity index (χ0n) is 15.2. The average molecular weight is 382 g/mol. The molecular weight excluding hydrogens is 365 g/mol. The maximum absolute atomic E-state index is 13.4. The highest BCUT2D eigenvalue weighted by Crippen LogP contribution is 2.37. The number of benzene rings is 2. The zero-order valence-corrected chi connectivity index (χ0v) is 15.2. The standard InChI is InChI=1S/C21H17F3N4/c1-12-11-18(14-7-3-5-9-16(14)21(22,23)24)25-19(13(12)2)26-20-15-8-4-6-10-17(15)27-28-20/h3-11H,1-2H3,(H2,25,26,27,28). The first-order valence-corrected chi connectivity index (χ1v) is 8.69. The van der Waals surface area contributed by atoms with E-state index >= 15 is 0 Å². The number of halogens is 3. The van der Waals surface area contributed by atoms with E-state index in [-0.39, 0.29) is 11.3 Å². The van der Waals surface area contributed by atoms with Gasteiger partial charge in [0.05, 0.1) is 16.8 Å². The molecule has 0 bridgehead atoms. The minimum Gasteiger partial charge on any atom is -0.323 e. The predicted octanol–water partition coefficient (Wildman–Crippen LogP) is 6.00. The maximum atomic E-state index is 13.4. The number of rotatable bonds is 3. The Labute approximate surface area is 159 Å². The van der Waals surface area contributed by atoms with Gasteiger partial charge in [0, 0.05) is 10.9 Å². The molecule has 4 aromatic rings. The quantitative estimate of drug-likeness (QED) is 0.457. The molecule has 0 atom stereocenters. The molecule has 7 heteroatoms. The van der Waals surface area contributed by atoms with Crippen molar-refractivity contribution in [2.45, 2.75) is 20.0 Å². The molecule has 2 N–H and O–H groups in total. The monoisotopic (exact) mass is 382 g/mol. The number of H-pyrrole nitrogens is 1. The van der Waals surface area contributed by atoms with Crippen molar-refractivity contribution in [3.63, 3.8) is 0 Å². The van der Waals surface area contributed by atoms with Crippen LogP contribution in [-0.4, -0.2) is 15.2 Å². The van der Waals surface area contributed by atoms with Crippen molar-refractivity contribution < 1.29 is 13.2 Å². The number of para-hydroxylation sites is 1. The number of nitrogens with zero attached hydrogens (tertiary/aromatic N) is 2. The van der Waals surface area contributed by atoms with Gasteiger partial charge in [-0.3, -0.25) is 5.10 Å². The lowest BCUT2D eigenvalue weighted by molar-refractivity contribution is -0.137. The molecule has 2 heterocycles. The largest absolute Gasteiger partial charge is 0.417 e. The van der Waals surface area contributed by atoms with Crippen molar-refractivity contribution in [3.8, 4) is 11.3 Å². The van der Waals surface area contributed by atoms with E-state index in [2.05, 4.69) is 20.5 Å². The second-order valence-corrected chi connectivity index (χ2v) is 6.58. The molecule has 0 saturated carbocycles. The minimum atomic E-state index is -4.46. The van der Waals surface area contributed by atoms with E-state index < -0.39 is 11.7 Å². The maximum Gasteiger partial charge on any atom is 0.417 e. The van der Waals surface area contributed by atoms with E-state index in [4.69, 9.17) is 0 Å². The smallest absolute Gasteiger partial charge is 0.323 e. The van der Waals surface area contributed by atoms with Gasteiger partial charge >= 0.3 is 6.18 Å². The summed E-state index contributed by atoms with van der Waals surface area (Å²) in [6, 6.07) is 14.7. The molecule has 0 aliphatic carbocycles. The Bertz CT molecular complexity index is 1160. The molecular formula is C21H17F3N4. The number of aryl methyl sites for hydroxylation is 1. The molecule has 142 valence electrons. The molecule has 2 aromatic carbocycles. The van der Waals surface area contributed by atoms with Crippen molar-refractivity contribution in [1.29, 1.82) is 0 Å². The fourth-order valence-electron chi connectivity index (χ4n) is 3.12. The first kappa shape index (κ1) is 18.0. The second-order valence-electron chi connectivity index (χ2n) is 6.58. The van der Waals surface area contributed by atoms with Crippen LogP contribution < -0.4 is 5.32 Å². The Kier molecular flexibility index (Phi) is 4.30. The topological polar surface area (TPSA) is 53.6 Å². The zero-order chi connectivity index (χ0) is 19.9. The van der Waals surface area contributed by atoms with Crippen LogP contribution in [0, 0.1) is 13.8 Å². The van der Waals surface area contributed by atoms with Crippen LogP contribution in [0.1, 0.15) is 16.7 Å². The number of aromatic nitrogens is 3. The summed E-state index contributed by atoms with van der Waals surface area (Å²) in [4.78, 5) is 4.49. The van der Waals surface area contributed by atoms with Crippen LogP contribution in [0.2, 0.25) is 0 Å². The van der Waals surface area contributed by atoms with Gasteiger partial charge < -0.3 is 5.32 Å². The lowest BCUT2D eigenvalue weighted by Crippen LogP contribution is -2.08. The number of anilines is 2. The fraction of sp³-hybridized carbons (Fsp3) is 0.143.